The Hall–Kier alpha value is -0.900. The summed E-state index contributed by atoms with van der Waals surface area (Å²) in [6.45, 7) is 15.0. The molecule has 0 unspecified atom stereocenters. The van der Waals surface area contributed by atoms with Gasteiger partial charge >= 0.3 is 0 Å². The van der Waals surface area contributed by atoms with Crippen molar-refractivity contribution in [3.05, 3.63) is 36.0 Å². The van der Waals surface area contributed by atoms with E-state index in [0.717, 1.165) is 25.2 Å². The minimum Gasteiger partial charge on any atom is -0.392 e. The first-order valence-electron chi connectivity index (χ1n) is 13.5. The van der Waals surface area contributed by atoms with E-state index in [4.69, 9.17) is 0 Å². The molecule has 33 heavy (non-hydrogen) atoms. The molecule has 4 aliphatic rings. The van der Waals surface area contributed by atoms with Gasteiger partial charge in [0.15, 0.2) is 0 Å². The van der Waals surface area contributed by atoms with Crippen LogP contribution in [0.15, 0.2) is 36.0 Å². The van der Waals surface area contributed by atoms with Gasteiger partial charge in [-0.2, -0.15) is 0 Å². The normalized spacial score (nSPS) is 43.6. The van der Waals surface area contributed by atoms with Crippen molar-refractivity contribution in [3.63, 3.8) is 0 Å². The Balaban J connectivity index is 1.55. The predicted octanol–water partition coefficient (Wildman–Crippen LogP) is 6.20. The van der Waals surface area contributed by atoms with Crippen molar-refractivity contribution in [1.82, 2.24) is 0 Å². The first-order valence-corrected chi connectivity index (χ1v) is 13.5. The zero-order chi connectivity index (χ0) is 24.2. The zero-order valence-corrected chi connectivity index (χ0v) is 21.7. The molecular formula is C30H48O3. The molecule has 3 heteroatoms. The average molecular weight is 457 g/mol. The summed E-state index contributed by atoms with van der Waals surface area (Å²) >= 11 is 0. The molecule has 0 amide bonds. The molecule has 3 saturated carbocycles. The molecular weight excluding hydrogens is 408 g/mol. The van der Waals surface area contributed by atoms with Crippen molar-refractivity contribution in [1.29, 1.82) is 0 Å². The Morgan fingerprint density at radius 3 is 2.55 bits per heavy atom. The monoisotopic (exact) mass is 456 g/mol. The van der Waals surface area contributed by atoms with Crippen LogP contribution in [0.2, 0.25) is 0 Å². The van der Waals surface area contributed by atoms with E-state index < -0.39 is 17.8 Å². The molecule has 0 radical (unpaired) electrons. The van der Waals surface area contributed by atoms with Crippen LogP contribution < -0.4 is 0 Å². The first-order chi connectivity index (χ1) is 15.4. The smallest absolute Gasteiger partial charge is 0.0692 e. The van der Waals surface area contributed by atoms with Crippen molar-refractivity contribution >= 4 is 0 Å². The fourth-order valence-electron chi connectivity index (χ4n) is 8.70. The zero-order valence-electron chi connectivity index (χ0n) is 21.7. The number of allylic oxidation sites excluding steroid dienone is 4. The molecule has 3 fully saturated rings. The van der Waals surface area contributed by atoms with Gasteiger partial charge in [0, 0.05) is 11.3 Å². The Morgan fingerprint density at radius 2 is 1.88 bits per heavy atom. The van der Waals surface area contributed by atoms with Gasteiger partial charge in [0.05, 0.1) is 17.8 Å². The summed E-state index contributed by atoms with van der Waals surface area (Å²) in [5.74, 6) is 2.27. The van der Waals surface area contributed by atoms with Gasteiger partial charge in [0.25, 0.3) is 0 Å². The average Bonchev–Trinajstić information content (AvgIpc) is 3.09. The Morgan fingerprint density at radius 1 is 1.15 bits per heavy atom. The minimum atomic E-state index is -0.565. The van der Waals surface area contributed by atoms with Crippen LogP contribution in [-0.2, 0) is 0 Å². The molecule has 0 aliphatic heterocycles. The second-order valence-corrected chi connectivity index (χ2v) is 13.1. The SMILES string of the molecule is C=CC[C@H]1[C@H](O)CC2=CC=C3[C@@H]4CC[C@H]([C@H](C)CCCC(C)(C)O)[C@@]4(C)CC[C@@H]3[C@@]2(C)[C@H]1O. The molecule has 0 bridgehead atoms. The second-order valence-electron chi connectivity index (χ2n) is 13.1. The third-order valence-electron chi connectivity index (χ3n) is 10.6. The second kappa shape index (κ2) is 8.95. The minimum absolute atomic E-state index is 0.121. The quantitative estimate of drug-likeness (QED) is 0.400. The van der Waals surface area contributed by atoms with E-state index in [-0.39, 0.29) is 11.3 Å². The third kappa shape index (κ3) is 4.21. The molecule has 186 valence electrons. The predicted molar refractivity (Wildman–Crippen MR) is 136 cm³/mol. The summed E-state index contributed by atoms with van der Waals surface area (Å²) in [4.78, 5) is 0. The van der Waals surface area contributed by atoms with Crippen LogP contribution in [0, 0.1) is 40.4 Å². The highest BCUT2D eigenvalue weighted by atomic mass is 16.3. The van der Waals surface area contributed by atoms with Gasteiger partial charge in [0.2, 0.25) is 0 Å². The molecule has 3 N–H and O–H groups in total. The van der Waals surface area contributed by atoms with Gasteiger partial charge < -0.3 is 15.3 Å². The highest BCUT2D eigenvalue weighted by Gasteiger charge is 2.60. The van der Waals surface area contributed by atoms with Crippen LogP contribution in [0.25, 0.3) is 0 Å². The van der Waals surface area contributed by atoms with Crippen LogP contribution in [0.4, 0.5) is 0 Å². The fraction of sp³-hybridized carbons (Fsp3) is 0.800. The van der Waals surface area contributed by atoms with E-state index in [9.17, 15) is 15.3 Å². The number of rotatable bonds is 7. The van der Waals surface area contributed by atoms with Gasteiger partial charge in [0.1, 0.15) is 0 Å². The summed E-state index contributed by atoms with van der Waals surface area (Å²) in [5.41, 5.74) is 2.32. The molecule has 4 rings (SSSR count). The van der Waals surface area contributed by atoms with Crippen LogP contribution >= 0.6 is 0 Å². The van der Waals surface area contributed by atoms with Crippen LogP contribution in [0.3, 0.4) is 0 Å². The summed E-state index contributed by atoms with van der Waals surface area (Å²) in [6, 6.07) is 0. The summed E-state index contributed by atoms with van der Waals surface area (Å²) in [5, 5.41) is 32.4. The summed E-state index contributed by atoms with van der Waals surface area (Å²) in [7, 11) is 0. The molecule has 3 nitrogen and oxygen atoms in total. The van der Waals surface area contributed by atoms with Crippen molar-refractivity contribution in [2.45, 2.75) is 110 Å². The molecule has 9 atom stereocenters. The van der Waals surface area contributed by atoms with E-state index >= 15 is 0 Å². The maximum atomic E-state index is 11.6. The van der Waals surface area contributed by atoms with Crippen molar-refractivity contribution in [2.24, 2.45) is 40.4 Å². The summed E-state index contributed by atoms with van der Waals surface area (Å²) in [6.07, 6.45) is 14.9. The first kappa shape index (κ1) is 25.2. The van der Waals surface area contributed by atoms with Crippen LogP contribution in [-0.4, -0.2) is 33.1 Å². The summed E-state index contributed by atoms with van der Waals surface area (Å²) < 4.78 is 0. The van der Waals surface area contributed by atoms with E-state index in [2.05, 4.69) is 39.5 Å². The van der Waals surface area contributed by atoms with E-state index in [1.54, 1.807) is 5.57 Å². The van der Waals surface area contributed by atoms with E-state index in [0.29, 0.717) is 36.0 Å². The molecule has 0 aromatic rings. The number of fused-ring (bicyclic) bond motifs is 5. The Labute approximate surface area is 202 Å². The fourth-order valence-corrected chi connectivity index (χ4v) is 8.70. The lowest BCUT2D eigenvalue weighted by atomic mass is 9.48. The van der Waals surface area contributed by atoms with Gasteiger partial charge in [-0.15, -0.1) is 6.58 Å². The lowest BCUT2D eigenvalue weighted by Crippen LogP contribution is -2.56. The Bertz CT molecular complexity index is 804. The molecule has 0 aromatic heterocycles. The lowest BCUT2D eigenvalue weighted by molar-refractivity contribution is -0.0961. The van der Waals surface area contributed by atoms with E-state index in [1.807, 2.05) is 19.9 Å². The topological polar surface area (TPSA) is 60.7 Å². The molecule has 0 spiro atoms. The molecule has 0 saturated heterocycles. The van der Waals surface area contributed by atoms with Crippen LogP contribution in [0.1, 0.15) is 92.4 Å². The Kier molecular flexibility index (Phi) is 6.84. The molecule has 0 heterocycles. The lowest BCUT2D eigenvalue weighted by Gasteiger charge is -2.58. The maximum absolute atomic E-state index is 11.6. The van der Waals surface area contributed by atoms with Gasteiger partial charge in [-0.25, -0.2) is 0 Å². The van der Waals surface area contributed by atoms with Gasteiger partial charge in [-0.05, 0) is 87.9 Å². The van der Waals surface area contributed by atoms with Crippen LogP contribution in [0.5, 0.6) is 0 Å². The largest absolute Gasteiger partial charge is 0.392 e. The highest BCUT2D eigenvalue weighted by Crippen LogP contribution is 2.66. The standard InChI is InChI=1S/C30H48O3/c1-7-9-22-26(31)18-20-11-12-21-24-14-13-23(19(2)10-8-16-28(3,4)33)29(24,5)17-15-25(21)30(20,6)27(22)32/h7,11-12,19,22-27,31-33H,1,8-10,13-18H2,2-6H3/t19-,22+,23-,24+,25+,26-,27+,29-,30+/m1/s1. The highest BCUT2D eigenvalue weighted by molar-refractivity contribution is 5.40. The van der Waals surface area contributed by atoms with Gasteiger partial charge in [-0.3, -0.25) is 0 Å². The third-order valence-corrected chi connectivity index (χ3v) is 10.6. The van der Waals surface area contributed by atoms with Gasteiger partial charge in [-0.1, -0.05) is 63.0 Å². The number of aliphatic hydroxyl groups is 3. The number of aliphatic hydroxyl groups excluding tert-OH is 2. The number of hydrogen-bond acceptors (Lipinski definition) is 3. The maximum Gasteiger partial charge on any atom is 0.0692 e. The number of hydrogen-bond donors (Lipinski definition) is 3. The van der Waals surface area contributed by atoms with E-state index in [1.165, 1.54) is 31.3 Å². The molecule has 0 aromatic carbocycles. The van der Waals surface area contributed by atoms with Crippen molar-refractivity contribution in [3.8, 4) is 0 Å². The van der Waals surface area contributed by atoms with Crippen molar-refractivity contribution < 1.29 is 15.3 Å². The van der Waals surface area contributed by atoms with Crippen molar-refractivity contribution in [2.75, 3.05) is 0 Å². The molecule has 4 aliphatic carbocycles.